The second-order valence-corrected chi connectivity index (χ2v) is 6.55. The number of benzene rings is 1. The van der Waals surface area contributed by atoms with E-state index in [1.807, 2.05) is 30.3 Å². The number of carbonyl (C=O) groups is 2. The van der Waals surface area contributed by atoms with Crippen LogP contribution in [0.3, 0.4) is 0 Å². The molecule has 0 aliphatic carbocycles. The largest absolute Gasteiger partial charge is 0.459 e. The third kappa shape index (κ3) is 3.48. The zero-order chi connectivity index (χ0) is 17.2. The van der Waals surface area contributed by atoms with Gasteiger partial charge in [0.2, 0.25) is 5.91 Å². The summed E-state index contributed by atoms with van der Waals surface area (Å²) in [4.78, 5) is 33.7. The van der Waals surface area contributed by atoms with Gasteiger partial charge in [-0.3, -0.25) is 9.59 Å². The second kappa shape index (κ2) is 6.47. The molecule has 1 aliphatic heterocycles. The maximum Gasteiger partial charge on any atom is 0.307 e. The van der Waals surface area contributed by atoms with E-state index in [9.17, 15) is 9.59 Å². The predicted octanol–water partition coefficient (Wildman–Crippen LogP) is 2.28. The molecule has 1 unspecified atom stereocenters. The van der Waals surface area contributed by atoms with Gasteiger partial charge in [0.05, 0.1) is 18.9 Å². The van der Waals surface area contributed by atoms with Gasteiger partial charge in [-0.1, -0.05) is 30.3 Å². The zero-order valence-corrected chi connectivity index (χ0v) is 13.9. The molecule has 1 saturated heterocycles. The molecule has 1 N–H and O–H groups in total. The van der Waals surface area contributed by atoms with Crippen molar-refractivity contribution in [3.8, 4) is 0 Å². The Kier molecular flexibility index (Phi) is 4.38. The van der Waals surface area contributed by atoms with Crippen molar-refractivity contribution in [1.82, 2.24) is 14.9 Å². The van der Waals surface area contributed by atoms with Crippen molar-refractivity contribution in [2.45, 2.75) is 39.0 Å². The minimum absolute atomic E-state index is 0.0916. The van der Waals surface area contributed by atoms with Crippen LogP contribution in [0, 0.1) is 5.92 Å². The van der Waals surface area contributed by atoms with Crippen molar-refractivity contribution >= 4 is 11.9 Å². The van der Waals surface area contributed by atoms with Crippen LogP contribution in [0.4, 0.5) is 0 Å². The van der Waals surface area contributed by atoms with Crippen LogP contribution in [0.1, 0.15) is 31.7 Å². The van der Waals surface area contributed by atoms with E-state index in [0.717, 1.165) is 5.56 Å². The summed E-state index contributed by atoms with van der Waals surface area (Å²) in [6.45, 7) is 4.39. The van der Waals surface area contributed by atoms with Crippen LogP contribution in [0.15, 0.2) is 42.7 Å². The minimum Gasteiger partial charge on any atom is -0.459 e. The molecule has 0 saturated carbocycles. The number of imidazole rings is 1. The van der Waals surface area contributed by atoms with Crippen molar-refractivity contribution in [1.29, 1.82) is 0 Å². The molecule has 1 amide bonds. The molecule has 6 nitrogen and oxygen atoms in total. The molecular weight excluding hydrogens is 306 g/mol. The quantitative estimate of drug-likeness (QED) is 0.855. The number of cyclic esters (lactones) is 1. The van der Waals surface area contributed by atoms with Gasteiger partial charge in [0.1, 0.15) is 11.4 Å². The maximum absolute atomic E-state index is 13.1. The number of amides is 1. The van der Waals surface area contributed by atoms with E-state index in [0.29, 0.717) is 18.9 Å². The van der Waals surface area contributed by atoms with Crippen LogP contribution >= 0.6 is 0 Å². The molecule has 0 spiro atoms. The van der Waals surface area contributed by atoms with Crippen molar-refractivity contribution in [3.05, 3.63) is 54.1 Å². The van der Waals surface area contributed by atoms with Gasteiger partial charge in [-0.2, -0.15) is 0 Å². The Bertz CT molecular complexity index is 710. The number of carbonyl (C=O) groups excluding carboxylic acids is 2. The lowest BCUT2D eigenvalue weighted by Crippen LogP contribution is -2.42. The molecule has 1 aromatic heterocycles. The molecule has 24 heavy (non-hydrogen) atoms. The first kappa shape index (κ1) is 16.2. The van der Waals surface area contributed by atoms with Gasteiger partial charge in [-0.15, -0.1) is 0 Å². The van der Waals surface area contributed by atoms with Gasteiger partial charge in [0.15, 0.2) is 0 Å². The Morgan fingerprint density at radius 2 is 2.08 bits per heavy atom. The van der Waals surface area contributed by atoms with Gasteiger partial charge in [-0.25, -0.2) is 4.98 Å². The smallest absolute Gasteiger partial charge is 0.307 e. The molecule has 2 aromatic rings. The summed E-state index contributed by atoms with van der Waals surface area (Å²) in [5, 5.41) is 0. The maximum atomic E-state index is 13.1. The summed E-state index contributed by atoms with van der Waals surface area (Å²) in [6.07, 6.45) is 3.51. The lowest BCUT2D eigenvalue weighted by molar-refractivity contribution is -0.149. The van der Waals surface area contributed by atoms with Crippen LogP contribution in [0.2, 0.25) is 0 Å². The normalized spacial score (nSPS) is 19.1. The van der Waals surface area contributed by atoms with Crippen LogP contribution in [-0.2, 0) is 27.4 Å². The van der Waals surface area contributed by atoms with Crippen molar-refractivity contribution in [3.63, 3.8) is 0 Å². The Balaban J connectivity index is 1.83. The highest BCUT2D eigenvalue weighted by atomic mass is 16.6. The fourth-order valence-corrected chi connectivity index (χ4v) is 3.00. The number of nitrogens with zero attached hydrogens (tertiary/aromatic N) is 2. The average Bonchev–Trinajstić information content (AvgIpc) is 3.14. The number of aromatic amines is 1. The Labute approximate surface area is 140 Å². The van der Waals surface area contributed by atoms with E-state index < -0.39 is 11.5 Å². The number of H-pyrrole nitrogens is 1. The molecule has 2 heterocycles. The van der Waals surface area contributed by atoms with Crippen molar-refractivity contribution in [2.24, 2.45) is 5.92 Å². The third-order valence-corrected chi connectivity index (χ3v) is 4.31. The number of rotatable bonds is 5. The van der Waals surface area contributed by atoms with E-state index >= 15 is 0 Å². The number of hydrogen-bond acceptors (Lipinski definition) is 4. The topological polar surface area (TPSA) is 75.3 Å². The van der Waals surface area contributed by atoms with Gasteiger partial charge in [0, 0.05) is 18.9 Å². The SMILES string of the molecule is CC1(C)OC(=O)CC1C(=O)N(Cc1ccccc1)Cc1ncc[nH]1. The fraction of sp³-hybridized carbons (Fsp3) is 0.389. The number of aromatic nitrogens is 2. The molecule has 1 fully saturated rings. The zero-order valence-electron chi connectivity index (χ0n) is 13.9. The molecule has 0 radical (unpaired) electrons. The van der Waals surface area contributed by atoms with E-state index in [2.05, 4.69) is 9.97 Å². The molecule has 1 atom stereocenters. The highest BCUT2D eigenvalue weighted by Gasteiger charge is 2.47. The van der Waals surface area contributed by atoms with Gasteiger partial charge >= 0.3 is 5.97 Å². The first-order valence-corrected chi connectivity index (χ1v) is 7.98. The molecule has 1 aliphatic rings. The summed E-state index contributed by atoms with van der Waals surface area (Å²) >= 11 is 0. The Hall–Kier alpha value is -2.63. The van der Waals surface area contributed by atoms with Gasteiger partial charge < -0.3 is 14.6 Å². The Morgan fingerprint density at radius 3 is 2.67 bits per heavy atom. The third-order valence-electron chi connectivity index (χ3n) is 4.31. The van der Waals surface area contributed by atoms with Gasteiger partial charge in [-0.05, 0) is 19.4 Å². The average molecular weight is 327 g/mol. The second-order valence-electron chi connectivity index (χ2n) is 6.55. The summed E-state index contributed by atoms with van der Waals surface area (Å²) in [6, 6.07) is 9.77. The standard InChI is InChI=1S/C18H21N3O3/c1-18(2)14(10-16(22)24-18)17(23)21(12-15-19-8-9-20-15)11-13-6-4-3-5-7-13/h3-9,14H,10-12H2,1-2H3,(H,19,20). The van der Waals surface area contributed by atoms with Crippen molar-refractivity contribution < 1.29 is 14.3 Å². The van der Waals surface area contributed by atoms with Crippen molar-refractivity contribution in [2.75, 3.05) is 0 Å². The van der Waals surface area contributed by atoms with E-state index in [4.69, 9.17) is 4.74 Å². The highest BCUT2D eigenvalue weighted by molar-refractivity contribution is 5.87. The number of hydrogen-bond donors (Lipinski definition) is 1. The molecule has 6 heteroatoms. The lowest BCUT2D eigenvalue weighted by atomic mass is 9.89. The summed E-state index contributed by atoms with van der Waals surface area (Å²) < 4.78 is 5.31. The van der Waals surface area contributed by atoms with E-state index in [-0.39, 0.29) is 18.3 Å². The summed E-state index contributed by atoms with van der Waals surface area (Å²) in [5.74, 6) is -0.187. The molecule has 1 aromatic carbocycles. The first-order valence-electron chi connectivity index (χ1n) is 7.98. The number of ether oxygens (including phenoxy) is 1. The van der Waals surface area contributed by atoms with Crippen LogP contribution in [-0.4, -0.2) is 32.3 Å². The predicted molar refractivity (Wildman–Crippen MR) is 87.6 cm³/mol. The monoisotopic (exact) mass is 327 g/mol. The minimum atomic E-state index is -0.785. The summed E-state index contributed by atoms with van der Waals surface area (Å²) in [5.41, 5.74) is 0.243. The first-order chi connectivity index (χ1) is 11.5. The van der Waals surface area contributed by atoms with Crippen LogP contribution in [0.5, 0.6) is 0 Å². The number of esters is 1. The molecule has 0 bridgehead atoms. The molecule has 3 rings (SSSR count). The Morgan fingerprint density at radius 1 is 1.33 bits per heavy atom. The van der Waals surface area contributed by atoms with Crippen LogP contribution in [0.25, 0.3) is 0 Å². The van der Waals surface area contributed by atoms with Gasteiger partial charge in [0.25, 0.3) is 0 Å². The van der Waals surface area contributed by atoms with Crippen LogP contribution < -0.4 is 0 Å². The molecule has 126 valence electrons. The highest BCUT2D eigenvalue weighted by Crippen LogP contribution is 2.34. The fourth-order valence-electron chi connectivity index (χ4n) is 3.00. The lowest BCUT2D eigenvalue weighted by Gasteiger charge is -2.30. The summed E-state index contributed by atoms with van der Waals surface area (Å²) in [7, 11) is 0. The molecular formula is C18H21N3O3. The van der Waals surface area contributed by atoms with E-state index in [1.54, 1.807) is 31.1 Å². The van der Waals surface area contributed by atoms with E-state index in [1.165, 1.54) is 0 Å². The number of nitrogens with one attached hydrogen (secondary N) is 1.